The Balaban J connectivity index is 2.91. The van der Waals surface area contributed by atoms with Gasteiger partial charge < -0.3 is 10.2 Å². The molecule has 2 nitrogen and oxygen atoms in total. The van der Waals surface area contributed by atoms with Crippen molar-refractivity contribution in [3.8, 4) is 11.8 Å². The molecule has 1 rings (SSSR count). The van der Waals surface area contributed by atoms with Crippen molar-refractivity contribution >= 4 is 0 Å². The van der Waals surface area contributed by atoms with Crippen LogP contribution in [0.1, 0.15) is 59.3 Å². The first kappa shape index (κ1) is 16.5. The molecule has 2 heteroatoms. The number of nitrogens with one attached hydrogen (secondary N) is 1. The van der Waals surface area contributed by atoms with Crippen molar-refractivity contribution in [3.05, 3.63) is 0 Å². The van der Waals surface area contributed by atoms with Gasteiger partial charge in [-0.15, -0.1) is 11.8 Å². The molecule has 0 spiro atoms. The molecule has 19 heavy (non-hydrogen) atoms. The first-order valence-electron chi connectivity index (χ1n) is 7.87. The third-order valence-corrected chi connectivity index (χ3v) is 4.67. The highest BCUT2D eigenvalue weighted by molar-refractivity contribution is 5.08. The van der Waals surface area contributed by atoms with Crippen molar-refractivity contribution in [2.24, 2.45) is 5.92 Å². The summed E-state index contributed by atoms with van der Waals surface area (Å²) in [6, 6.07) is 0.498. The maximum absolute atomic E-state index is 3.77. The molecular weight excluding hydrogens is 232 g/mol. The number of rotatable bonds is 6. The first-order chi connectivity index (χ1) is 9.06. The summed E-state index contributed by atoms with van der Waals surface area (Å²) in [4.78, 5) is 2.47. The fraction of sp³-hybridized carbons (Fsp3) is 0.882. The summed E-state index contributed by atoms with van der Waals surface area (Å²) >= 11 is 0. The molecule has 3 unspecified atom stereocenters. The summed E-state index contributed by atoms with van der Waals surface area (Å²) < 4.78 is 0. The molecule has 0 amide bonds. The predicted molar refractivity (Wildman–Crippen MR) is 84.2 cm³/mol. The highest BCUT2D eigenvalue weighted by Crippen LogP contribution is 2.39. The van der Waals surface area contributed by atoms with Gasteiger partial charge in [0.25, 0.3) is 0 Å². The minimum Gasteiger partial charge on any atom is -0.311 e. The van der Waals surface area contributed by atoms with E-state index >= 15 is 0 Å². The van der Waals surface area contributed by atoms with Gasteiger partial charge in [-0.1, -0.05) is 26.7 Å². The van der Waals surface area contributed by atoms with Crippen molar-refractivity contribution in [2.45, 2.75) is 70.9 Å². The number of nitrogens with zero attached hydrogens (tertiary/aromatic N) is 1. The number of hydrogen-bond donors (Lipinski definition) is 1. The van der Waals surface area contributed by atoms with E-state index in [-0.39, 0.29) is 5.54 Å². The average Bonchev–Trinajstić information content (AvgIpc) is 2.38. The molecule has 0 saturated heterocycles. The summed E-state index contributed by atoms with van der Waals surface area (Å²) in [7, 11) is 4.50. The topological polar surface area (TPSA) is 15.3 Å². The molecule has 1 saturated carbocycles. The zero-order valence-electron chi connectivity index (χ0n) is 13.6. The largest absolute Gasteiger partial charge is 0.311 e. The number of hydrogen-bond acceptors (Lipinski definition) is 2. The van der Waals surface area contributed by atoms with E-state index in [9.17, 15) is 0 Å². The fourth-order valence-electron chi connectivity index (χ4n) is 3.57. The van der Waals surface area contributed by atoms with Crippen LogP contribution in [0, 0.1) is 17.8 Å². The van der Waals surface area contributed by atoms with Crippen molar-refractivity contribution in [1.29, 1.82) is 0 Å². The van der Waals surface area contributed by atoms with E-state index in [1.54, 1.807) is 0 Å². The Bertz CT molecular complexity index is 313. The molecule has 0 aliphatic heterocycles. The van der Waals surface area contributed by atoms with Crippen LogP contribution in [0.15, 0.2) is 0 Å². The van der Waals surface area contributed by atoms with Crippen LogP contribution < -0.4 is 5.32 Å². The fourth-order valence-corrected chi connectivity index (χ4v) is 3.57. The minimum atomic E-state index is 0.288. The van der Waals surface area contributed by atoms with Crippen LogP contribution in [0.3, 0.4) is 0 Å². The monoisotopic (exact) mass is 264 g/mol. The second-order valence-electron chi connectivity index (χ2n) is 6.34. The lowest BCUT2D eigenvalue weighted by Gasteiger charge is -2.50. The van der Waals surface area contributed by atoms with Gasteiger partial charge in [-0.05, 0) is 52.7 Å². The molecule has 0 aromatic rings. The van der Waals surface area contributed by atoms with Crippen LogP contribution in [0.5, 0.6) is 0 Å². The third kappa shape index (κ3) is 4.23. The maximum atomic E-state index is 3.77. The van der Waals surface area contributed by atoms with E-state index in [0.29, 0.717) is 6.04 Å². The van der Waals surface area contributed by atoms with E-state index < -0.39 is 0 Å². The molecule has 0 heterocycles. The summed E-state index contributed by atoms with van der Waals surface area (Å²) in [6.07, 6.45) is 7.50. The standard InChI is InChI=1S/C17H32N2/c1-6-8-11-16(18-13-7-2)17(19(4)5)12-9-10-15(3)14-17/h15-16,18H,7,9-14H2,1-5H3. The van der Waals surface area contributed by atoms with Crippen molar-refractivity contribution in [2.75, 3.05) is 20.6 Å². The molecule has 0 aromatic heterocycles. The third-order valence-electron chi connectivity index (χ3n) is 4.67. The van der Waals surface area contributed by atoms with Crippen LogP contribution in [0.25, 0.3) is 0 Å². The van der Waals surface area contributed by atoms with Gasteiger partial charge in [0.05, 0.1) is 0 Å². The van der Waals surface area contributed by atoms with E-state index in [4.69, 9.17) is 0 Å². The molecule has 3 atom stereocenters. The normalized spacial score (nSPS) is 28.8. The Morgan fingerprint density at radius 3 is 2.68 bits per heavy atom. The summed E-state index contributed by atoms with van der Waals surface area (Å²) in [5, 5.41) is 3.77. The van der Waals surface area contributed by atoms with E-state index in [1.807, 2.05) is 6.92 Å². The van der Waals surface area contributed by atoms with Gasteiger partial charge in [0.1, 0.15) is 0 Å². The first-order valence-corrected chi connectivity index (χ1v) is 7.87. The minimum absolute atomic E-state index is 0.288. The summed E-state index contributed by atoms with van der Waals surface area (Å²) in [6.45, 7) is 7.68. The Kier molecular flexibility index (Phi) is 6.89. The summed E-state index contributed by atoms with van der Waals surface area (Å²) in [5.41, 5.74) is 0.288. The highest BCUT2D eigenvalue weighted by atomic mass is 15.2. The maximum Gasteiger partial charge on any atom is 0.0368 e. The second kappa shape index (κ2) is 7.92. The van der Waals surface area contributed by atoms with Crippen LogP contribution in [0.2, 0.25) is 0 Å². The van der Waals surface area contributed by atoms with Gasteiger partial charge >= 0.3 is 0 Å². The van der Waals surface area contributed by atoms with Gasteiger partial charge in [-0.2, -0.15) is 0 Å². The van der Waals surface area contributed by atoms with Gasteiger partial charge in [0, 0.05) is 18.0 Å². The van der Waals surface area contributed by atoms with Gasteiger partial charge in [-0.3, -0.25) is 0 Å². The molecule has 1 fully saturated rings. The lowest BCUT2D eigenvalue weighted by molar-refractivity contribution is 0.0389. The van der Waals surface area contributed by atoms with Crippen molar-refractivity contribution in [1.82, 2.24) is 10.2 Å². The highest BCUT2D eigenvalue weighted by Gasteiger charge is 2.42. The summed E-state index contributed by atoms with van der Waals surface area (Å²) in [5.74, 6) is 7.21. The lowest BCUT2D eigenvalue weighted by Crippen LogP contribution is -2.61. The Labute approximate surface area is 120 Å². The molecule has 1 aliphatic rings. The van der Waals surface area contributed by atoms with Crippen molar-refractivity contribution in [3.63, 3.8) is 0 Å². The average molecular weight is 264 g/mol. The van der Waals surface area contributed by atoms with E-state index in [1.165, 1.54) is 32.1 Å². The Morgan fingerprint density at radius 2 is 2.16 bits per heavy atom. The molecule has 1 aliphatic carbocycles. The van der Waals surface area contributed by atoms with Crippen LogP contribution in [-0.4, -0.2) is 37.1 Å². The van der Waals surface area contributed by atoms with Gasteiger partial charge in [0.2, 0.25) is 0 Å². The quantitative estimate of drug-likeness (QED) is 0.741. The van der Waals surface area contributed by atoms with Crippen LogP contribution >= 0.6 is 0 Å². The van der Waals surface area contributed by atoms with Gasteiger partial charge in [0.15, 0.2) is 0 Å². The molecule has 0 aromatic carbocycles. The zero-order chi connectivity index (χ0) is 14.3. The SMILES string of the molecule is CC#CCC(NCCC)C1(N(C)C)CCCC(C)C1. The molecular formula is C17H32N2. The van der Waals surface area contributed by atoms with Crippen LogP contribution in [0.4, 0.5) is 0 Å². The smallest absolute Gasteiger partial charge is 0.0368 e. The molecule has 110 valence electrons. The lowest BCUT2D eigenvalue weighted by atomic mass is 9.70. The predicted octanol–water partition coefficient (Wildman–Crippen LogP) is 3.28. The Morgan fingerprint density at radius 1 is 1.42 bits per heavy atom. The van der Waals surface area contributed by atoms with Crippen LogP contribution in [-0.2, 0) is 0 Å². The molecule has 0 radical (unpaired) electrons. The van der Waals surface area contributed by atoms with Crippen molar-refractivity contribution < 1.29 is 0 Å². The molecule has 1 N–H and O–H groups in total. The van der Waals surface area contributed by atoms with Gasteiger partial charge in [-0.25, -0.2) is 0 Å². The number of likely N-dealkylation sites (N-methyl/N-ethyl adjacent to an activating group) is 1. The van der Waals surface area contributed by atoms with E-state index in [2.05, 4.69) is 50.0 Å². The second-order valence-corrected chi connectivity index (χ2v) is 6.34. The Hall–Kier alpha value is -0.520. The zero-order valence-corrected chi connectivity index (χ0v) is 13.6. The van der Waals surface area contributed by atoms with E-state index in [0.717, 1.165) is 18.9 Å². The molecule has 0 bridgehead atoms.